The molecule has 0 amide bonds. The first-order valence-corrected chi connectivity index (χ1v) is 9.08. The van der Waals surface area contributed by atoms with E-state index in [0.717, 1.165) is 27.9 Å². The predicted molar refractivity (Wildman–Crippen MR) is 112 cm³/mol. The Morgan fingerprint density at radius 3 is 2.61 bits per heavy atom. The summed E-state index contributed by atoms with van der Waals surface area (Å²) in [5, 5.41) is 9.68. The number of nitrogens with zero attached hydrogens (tertiary/aromatic N) is 2. The lowest BCUT2D eigenvalue weighted by Crippen LogP contribution is -1.99. The quantitative estimate of drug-likeness (QED) is 0.474. The molecule has 28 heavy (non-hydrogen) atoms. The second-order valence-electron chi connectivity index (χ2n) is 6.53. The fourth-order valence-electron chi connectivity index (χ4n) is 3.05. The standard InChI is InChI=1S/C24H19N3O/c1-17-8-2-3-10-19(17)16-28-23-13-7-4-9-18(23)14-20(15-25)24-26-21-11-5-6-12-22(21)27-24/h2-14H,16H2,1H3,(H,26,27)/b20-14-. The number of para-hydroxylation sites is 3. The van der Waals surface area contributed by atoms with Gasteiger partial charge in [-0.25, -0.2) is 4.98 Å². The van der Waals surface area contributed by atoms with Crippen LogP contribution in [0.3, 0.4) is 0 Å². The van der Waals surface area contributed by atoms with Gasteiger partial charge in [-0.05, 0) is 42.3 Å². The van der Waals surface area contributed by atoms with E-state index in [9.17, 15) is 5.26 Å². The van der Waals surface area contributed by atoms with Crippen LogP contribution >= 0.6 is 0 Å². The van der Waals surface area contributed by atoms with Gasteiger partial charge in [-0.3, -0.25) is 0 Å². The van der Waals surface area contributed by atoms with Gasteiger partial charge in [0.05, 0.1) is 16.6 Å². The van der Waals surface area contributed by atoms with Crippen molar-refractivity contribution in [1.29, 1.82) is 5.26 Å². The molecule has 4 rings (SSSR count). The van der Waals surface area contributed by atoms with Gasteiger partial charge in [0.25, 0.3) is 0 Å². The first kappa shape index (κ1) is 17.6. The van der Waals surface area contributed by atoms with Gasteiger partial charge in [0.15, 0.2) is 0 Å². The van der Waals surface area contributed by atoms with E-state index in [1.807, 2.05) is 66.7 Å². The molecule has 136 valence electrons. The molecule has 4 aromatic rings. The van der Waals surface area contributed by atoms with Crippen molar-refractivity contribution in [3.8, 4) is 11.8 Å². The molecule has 0 fully saturated rings. The number of hydrogen-bond donors (Lipinski definition) is 1. The zero-order valence-corrected chi connectivity index (χ0v) is 15.5. The summed E-state index contributed by atoms with van der Waals surface area (Å²) in [6, 6.07) is 25.8. The van der Waals surface area contributed by atoms with E-state index in [4.69, 9.17) is 4.74 Å². The third-order valence-electron chi connectivity index (χ3n) is 4.63. The van der Waals surface area contributed by atoms with Crippen LogP contribution < -0.4 is 4.74 Å². The molecule has 0 radical (unpaired) electrons. The normalized spacial score (nSPS) is 11.4. The van der Waals surface area contributed by atoms with Gasteiger partial charge in [-0.2, -0.15) is 5.26 Å². The van der Waals surface area contributed by atoms with Crippen LogP contribution in [0.2, 0.25) is 0 Å². The molecule has 1 aromatic heterocycles. The van der Waals surface area contributed by atoms with Gasteiger partial charge in [0, 0.05) is 5.56 Å². The molecule has 0 bridgehead atoms. The molecule has 0 aliphatic carbocycles. The minimum atomic E-state index is 0.461. The van der Waals surface area contributed by atoms with Gasteiger partial charge in [0.1, 0.15) is 24.3 Å². The predicted octanol–water partition coefficient (Wildman–Crippen LogP) is 5.51. The molecule has 0 aliphatic rings. The summed E-state index contributed by atoms with van der Waals surface area (Å²) in [4.78, 5) is 7.74. The molecule has 1 heterocycles. The van der Waals surface area contributed by atoms with Crippen molar-refractivity contribution in [3.05, 3.63) is 95.3 Å². The van der Waals surface area contributed by atoms with E-state index >= 15 is 0 Å². The number of aryl methyl sites for hydroxylation is 1. The highest BCUT2D eigenvalue weighted by Crippen LogP contribution is 2.25. The molecule has 0 spiro atoms. The number of allylic oxidation sites excluding steroid dienone is 1. The van der Waals surface area contributed by atoms with Crippen LogP contribution in [0, 0.1) is 18.3 Å². The summed E-state index contributed by atoms with van der Waals surface area (Å²) >= 11 is 0. The summed E-state index contributed by atoms with van der Waals surface area (Å²) in [5.41, 5.74) is 5.37. The Kier molecular flexibility index (Phi) is 4.90. The number of aromatic amines is 1. The highest BCUT2D eigenvalue weighted by Gasteiger charge is 2.10. The summed E-state index contributed by atoms with van der Waals surface area (Å²) in [5.74, 6) is 1.28. The van der Waals surface area contributed by atoms with Gasteiger partial charge < -0.3 is 9.72 Å². The monoisotopic (exact) mass is 365 g/mol. The van der Waals surface area contributed by atoms with Crippen LogP contribution in [-0.2, 0) is 6.61 Å². The number of nitriles is 1. The summed E-state index contributed by atoms with van der Waals surface area (Å²) in [6.07, 6.45) is 1.81. The van der Waals surface area contributed by atoms with Crippen molar-refractivity contribution in [2.24, 2.45) is 0 Å². The molecule has 3 aromatic carbocycles. The summed E-state index contributed by atoms with van der Waals surface area (Å²) in [6.45, 7) is 2.55. The number of rotatable bonds is 5. The highest BCUT2D eigenvalue weighted by molar-refractivity contribution is 5.91. The van der Waals surface area contributed by atoms with Gasteiger partial charge in [0.2, 0.25) is 0 Å². The number of hydrogen-bond acceptors (Lipinski definition) is 3. The number of fused-ring (bicyclic) bond motifs is 1. The molecular formula is C24H19N3O. The van der Waals surface area contributed by atoms with Gasteiger partial charge in [-0.1, -0.05) is 54.6 Å². The second kappa shape index (κ2) is 7.81. The van der Waals surface area contributed by atoms with Crippen molar-refractivity contribution < 1.29 is 4.74 Å². The van der Waals surface area contributed by atoms with Gasteiger partial charge >= 0.3 is 0 Å². The van der Waals surface area contributed by atoms with Crippen molar-refractivity contribution >= 4 is 22.7 Å². The van der Waals surface area contributed by atoms with Crippen LogP contribution in [0.1, 0.15) is 22.5 Å². The Morgan fingerprint density at radius 2 is 1.79 bits per heavy atom. The first-order valence-electron chi connectivity index (χ1n) is 9.08. The largest absolute Gasteiger partial charge is 0.488 e. The Balaban J connectivity index is 1.65. The van der Waals surface area contributed by atoms with Crippen LogP contribution in [0.5, 0.6) is 5.75 Å². The number of ether oxygens (including phenoxy) is 1. The SMILES string of the molecule is Cc1ccccc1COc1ccccc1/C=C(/C#N)c1nc2ccccc2[nH]1. The lowest BCUT2D eigenvalue weighted by Gasteiger charge is -2.11. The van der Waals surface area contributed by atoms with Crippen molar-refractivity contribution in [3.63, 3.8) is 0 Å². The zero-order chi connectivity index (χ0) is 19.3. The van der Waals surface area contributed by atoms with E-state index in [1.54, 1.807) is 0 Å². The number of aromatic nitrogens is 2. The summed E-state index contributed by atoms with van der Waals surface area (Å²) in [7, 11) is 0. The average molecular weight is 365 g/mol. The van der Waals surface area contributed by atoms with Gasteiger partial charge in [-0.15, -0.1) is 0 Å². The Labute approximate surface area is 163 Å². The fourth-order valence-corrected chi connectivity index (χ4v) is 3.05. The minimum Gasteiger partial charge on any atom is -0.488 e. The molecule has 0 unspecified atom stereocenters. The molecule has 0 aliphatic heterocycles. The van der Waals surface area contributed by atoms with Crippen LogP contribution in [0.15, 0.2) is 72.8 Å². The molecule has 0 atom stereocenters. The van der Waals surface area contributed by atoms with Crippen LogP contribution in [-0.4, -0.2) is 9.97 Å². The summed E-state index contributed by atoms with van der Waals surface area (Å²) < 4.78 is 6.06. The molecule has 0 saturated carbocycles. The molecule has 4 nitrogen and oxygen atoms in total. The number of H-pyrrole nitrogens is 1. The fraction of sp³-hybridized carbons (Fsp3) is 0.0833. The van der Waals surface area contributed by atoms with E-state index in [-0.39, 0.29) is 0 Å². The molecule has 1 N–H and O–H groups in total. The first-order chi connectivity index (χ1) is 13.7. The Bertz CT molecular complexity index is 1160. The van der Waals surface area contributed by atoms with E-state index in [2.05, 4.69) is 35.1 Å². The maximum absolute atomic E-state index is 9.68. The number of benzene rings is 3. The smallest absolute Gasteiger partial charge is 0.149 e. The molecule has 4 heteroatoms. The number of imidazole rings is 1. The lowest BCUT2D eigenvalue weighted by atomic mass is 10.1. The van der Waals surface area contributed by atoms with Crippen LogP contribution in [0.4, 0.5) is 0 Å². The van der Waals surface area contributed by atoms with E-state index in [0.29, 0.717) is 18.0 Å². The lowest BCUT2D eigenvalue weighted by molar-refractivity contribution is 0.305. The van der Waals surface area contributed by atoms with Crippen molar-refractivity contribution in [1.82, 2.24) is 9.97 Å². The Hall–Kier alpha value is -3.84. The maximum atomic E-state index is 9.68. The highest BCUT2D eigenvalue weighted by atomic mass is 16.5. The molecule has 0 saturated heterocycles. The van der Waals surface area contributed by atoms with E-state index in [1.165, 1.54) is 5.56 Å². The Morgan fingerprint density at radius 1 is 1.04 bits per heavy atom. The third-order valence-corrected chi connectivity index (χ3v) is 4.63. The van der Waals surface area contributed by atoms with Crippen molar-refractivity contribution in [2.75, 3.05) is 0 Å². The average Bonchev–Trinajstić information content (AvgIpc) is 3.16. The minimum absolute atomic E-state index is 0.461. The van der Waals surface area contributed by atoms with Crippen LogP contribution in [0.25, 0.3) is 22.7 Å². The topological polar surface area (TPSA) is 61.7 Å². The second-order valence-corrected chi connectivity index (χ2v) is 6.53. The maximum Gasteiger partial charge on any atom is 0.149 e. The van der Waals surface area contributed by atoms with Crippen molar-refractivity contribution in [2.45, 2.75) is 13.5 Å². The van der Waals surface area contributed by atoms with E-state index < -0.39 is 0 Å². The third kappa shape index (κ3) is 3.65. The molecular weight excluding hydrogens is 346 g/mol. The number of nitrogens with one attached hydrogen (secondary N) is 1. The zero-order valence-electron chi connectivity index (χ0n) is 15.5.